The summed E-state index contributed by atoms with van der Waals surface area (Å²) in [5, 5.41) is 0. The molecule has 8 nitrogen and oxygen atoms in total. The van der Waals surface area contributed by atoms with Gasteiger partial charge in [0.25, 0.3) is 0 Å². The molecule has 7 atom stereocenters. The summed E-state index contributed by atoms with van der Waals surface area (Å²) in [7, 11) is 0. The molecule has 1 aromatic rings. The Hall–Kier alpha value is -2.74. The monoisotopic (exact) mass is 626 g/mol. The number of ketones is 2. The number of nitrogens with zero attached hydrogens (tertiary/aromatic N) is 6. The molecule has 8 rings (SSSR count). The molecule has 7 aliphatic rings. The number of Topliss-reactive ketones (excluding diaryl/α,β-unsaturated/α-hetero) is 1. The fourth-order valence-electron chi connectivity index (χ4n) is 11.4. The molecule has 3 aliphatic heterocycles. The summed E-state index contributed by atoms with van der Waals surface area (Å²) in [4.78, 5) is 46.2. The van der Waals surface area contributed by atoms with Crippen LogP contribution in [0.3, 0.4) is 0 Å². The number of piperazine rings is 1. The van der Waals surface area contributed by atoms with Crippen molar-refractivity contribution in [2.24, 2.45) is 40.4 Å². The smallest absolute Gasteiger partial charge is 0.229 e. The van der Waals surface area contributed by atoms with Crippen LogP contribution in [0.5, 0.6) is 0 Å². The van der Waals surface area contributed by atoms with Gasteiger partial charge < -0.3 is 14.7 Å². The molecule has 0 aromatic carbocycles. The maximum absolute atomic E-state index is 14.3. The number of allylic oxidation sites excluding steroid dienone is 4. The Labute approximate surface area is 275 Å². The highest BCUT2D eigenvalue weighted by molar-refractivity contribution is 6.01. The topological polar surface area (TPSA) is 72.9 Å². The van der Waals surface area contributed by atoms with Crippen LogP contribution in [0, 0.1) is 40.4 Å². The number of fused-ring (bicyclic) bond motifs is 5. The fraction of sp³-hybridized carbons (Fsp3) is 0.737. The Balaban J connectivity index is 0.931. The van der Waals surface area contributed by atoms with E-state index >= 15 is 0 Å². The average Bonchev–Trinajstić information content (AvgIpc) is 3.83. The molecular weight excluding hydrogens is 572 g/mol. The number of hydrogen-bond donors (Lipinski definition) is 0. The zero-order valence-corrected chi connectivity index (χ0v) is 28.4. The van der Waals surface area contributed by atoms with Gasteiger partial charge in [-0.05, 0) is 99.0 Å². The molecule has 1 unspecified atom stereocenters. The molecule has 4 heterocycles. The number of carbonyl (C=O) groups is 2. The van der Waals surface area contributed by atoms with Crippen LogP contribution in [0.4, 0.5) is 17.6 Å². The van der Waals surface area contributed by atoms with Crippen LogP contribution in [0.1, 0.15) is 78.6 Å². The Morgan fingerprint density at radius 2 is 1.52 bits per heavy atom. The van der Waals surface area contributed by atoms with Gasteiger partial charge in [-0.1, -0.05) is 32.4 Å². The summed E-state index contributed by atoms with van der Waals surface area (Å²) in [5.74, 6) is 6.09. The molecule has 4 aliphatic carbocycles. The van der Waals surface area contributed by atoms with Crippen molar-refractivity contribution < 1.29 is 9.59 Å². The Morgan fingerprint density at radius 3 is 2.22 bits per heavy atom. The number of anilines is 3. The second-order valence-corrected chi connectivity index (χ2v) is 16.3. The lowest BCUT2D eigenvalue weighted by Gasteiger charge is -2.57. The van der Waals surface area contributed by atoms with Crippen LogP contribution in [-0.4, -0.2) is 85.3 Å². The van der Waals surface area contributed by atoms with Crippen molar-refractivity contribution in [1.82, 2.24) is 14.9 Å². The van der Waals surface area contributed by atoms with Gasteiger partial charge in [0, 0.05) is 69.8 Å². The number of hydrogen-bond acceptors (Lipinski definition) is 8. The molecule has 3 saturated carbocycles. The third kappa shape index (κ3) is 5.12. The highest BCUT2D eigenvalue weighted by Gasteiger charge is 2.61. The van der Waals surface area contributed by atoms with E-state index in [0.717, 1.165) is 89.2 Å². The van der Waals surface area contributed by atoms with Gasteiger partial charge in [-0.3, -0.25) is 14.5 Å². The standard InChI is InChI=1S/C38H54N6O2/c1-26-22-31-29-9-8-27-23-28(45)10-12-37(27,2)30(29)11-13-38(31,3)35(26)32(46)25-41-18-20-43(21-19-41)34-24-33(42-14-4-5-15-42)39-36(40-34)44-16-6-7-17-44/h10,12,23-24,26,29-31,35H,4-9,11,13-22,25H2,1-3H3/t26?,29-,30+,31+,35-,37+,38+/m1/s1. The number of aromatic nitrogens is 2. The normalized spacial score (nSPS) is 37.7. The van der Waals surface area contributed by atoms with Gasteiger partial charge >= 0.3 is 0 Å². The first-order chi connectivity index (χ1) is 22.2. The molecule has 1 aromatic heterocycles. The molecular formula is C38H54N6O2. The van der Waals surface area contributed by atoms with Crippen molar-refractivity contribution in [1.29, 1.82) is 0 Å². The Bertz CT molecular complexity index is 1390. The van der Waals surface area contributed by atoms with Crippen LogP contribution >= 0.6 is 0 Å². The molecule has 0 spiro atoms. The molecule has 0 amide bonds. The van der Waals surface area contributed by atoms with Crippen molar-refractivity contribution in [3.63, 3.8) is 0 Å². The lowest BCUT2D eigenvalue weighted by molar-refractivity contribution is -0.132. The molecule has 3 saturated heterocycles. The summed E-state index contributed by atoms with van der Waals surface area (Å²) < 4.78 is 0. The number of rotatable bonds is 6. The van der Waals surface area contributed by atoms with E-state index in [-0.39, 0.29) is 22.5 Å². The first-order valence-electron chi connectivity index (χ1n) is 18.6. The molecule has 0 radical (unpaired) electrons. The highest BCUT2D eigenvalue weighted by Crippen LogP contribution is 2.67. The van der Waals surface area contributed by atoms with E-state index < -0.39 is 0 Å². The Kier molecular flexibility index (Phi) is 7.81. The first kappa shape index (κ1) is 30.6. The van der Waals surface area contributed by atoms with E-state index in [1.165, 1.54) is 44.1 Å². The van der Waals surface area contributed by atoms with Gasteiger partial charge in [-0.15, -0.1) is 0 Å². The summed E-state index contributed by atoms with van der Waals surface area (Å²) in [6.07, 6.45) is 16.6. The molecule has 8 heteroatoms. The largest absolute Gasteiger partial charge is 0.356 e. The van der Waals surface area contributed by atoms with Crippen LogP contribution < -0.4 is 14.7 Å². The predicted octanol–water partition coefficient (Wildman–Crippen LogP) is 5.54. The van der Waals surface area contributed by atoms with Crippen LogP contribution in [0.2, 0.25) is 0 Å². The summed E-state index contributed by atoms with van der Waals surface area (Å²) in [6, 6.07) is 2.22. The van der Waals surface area contributed by atoms with Gasteiger partial charge in [0.05, 0.1) is 6.54 Å². The molecule has 0 N–H and O–H groups in total. The van der Waals surface area contributed by atoms with Gasteiger partial charge in [0.1, 0.15) is 11.6 Å². The van der Waals surface area contributed by atoms with E-state index in [4.69, 9.17) is 9.97 Å². The van der Waals surface area contributed by atoms with E-state index in [9.17, 15) is 9.59 Å². The van der Waals surface area contributed by atoms with E-state index in [1.54, 1.807) is 0 Å². The van der Waals surface area contributed by atoms with Gasteiger partial charge in [-0.25, -0.2) is 0 Å². The van der Waals surface area contributed by atoms with Crippen molar-refractivity contribution in [2.45, 2.75) is 78.6 Å². The highest BCUT2D eigenvalue weighted by atomic mass is 16.1. The van der Waals surface area contributed by atoms with E-state index in [1.807, 2.05) is 12.2 Å². The van der Waals surface area contributed by atoms with Crippen LogP contribution in [0.25, 0.3) is 0 Å². The zero-order valence-electron chi connectivity index (χ0n) is 28.4. The van der Waals surface area contributed by atoms with Crippen molar-refractivity contribution in [3.05, 3.63) is 29.9 Å². The van der Waals surface area contributed by atoms with Crippen molar-refractivity contribution >= 4 is 29.2 Å². The van der Waals surface area contributed by atoms with Crippen LogP contribution in [-0.2, 0) is 9.59 Å². The molecule has 46 heavy (non-hydrogen) atoms. The van der Waals surface area contributed by atoms with Crippen molar-refractivity contribution in [2.75, 3.05) is 73.6 Å². The Morgan fingerprint density at radius 1 is 0.870 bits per heavy atom. The molecule has 248 valence electrons. The minimum absolute atomic E-state index is 0.0112. The third-order valence-electron chi connectivity index (χ3n) is 13.8. The summed E-state index contributed by atoms with van der Waals surface area (Å²) in [5.41, 5.74) is 1.45. The van der Waals surface area contributed by atoms with E-state index in [2.05, 4.69) is 52.5 Å². The first-order valence-corrected chi connectivity index (χ1v) is 18.6. The minimum atomic E-state index is 0.0112. The fourth-order valence-corrected chi connectivity index (χ4v) is 11.4. The molecule has 0 bridgehead atoms. The second kappa shape index (κ2) is 11.7. The van der Waals surface area contributed by atoms with Crippen molar-refractivity contribution in [3.8, 4) is 0 Å². The lowest BCUT2D eigenvalue weighted by atomic mass is 9.47. The summed E-state index contributed by atoms with van der Waals surface area (Å²) >= 11 is 0. The molecule has 6 fully saturated rings. The van der Waals surface area contributed by atoms with Crippen LogP contribution in [0.15, 0.2) is 29.9 Å². The van der Waals surface area contributed by atoms with Gasteiger partial charge in [-0.2, -0.15) is 9.97 Å². The quantitative estimate of drug-likeness (QED) is 0.408. The maximum atomic E-state index is 14.3. The second-order valence-electron chi connectivity index (χ2n) is 16.3. The maximum Gasteiger partial charge on any atom is 0.229 e. The van der Waals surface area contributed by atoms with Gasteiger partial charge in [0.2, 0.25) is 5.95 Å². The number of carbonyl (C=O) groups excluding carboxylic acids is 2. The van der Waals surface area contributed by atoms with Gasteiger partial charge in [0.15, 0.2) is 11.6 Å². The minimum Gasteiger partial charge on any atom is -0.356 e. The average molecular weight is 627 g/mol. The van der Waals surface area contributed by atoms with E-state index in [0.29, 0.717) is 36.0 Å². The lowest BCUT2D eigenvalue weighted by Crippen LogP contribution is -2.52. The zero-order chi connectivity index (χ0) is 31.6. The predicted molar refractivity (Wildman–Crippen MR) is 183 cm³/mol. The third-order valence-corrected chi connectivity index (χ3v) is 13.8. The summed E-state index contributed by atoms with van der Waals surface area (Å²) in [6.45, 7) is 15.7. The SMILES string of the molecule is CC1C[C@H]2[C@@H]3CCC4=CC(=O)C=C[C@]4(C)[C@H]3CC[C@]2(C)[C@H]1C(=O)CN1CCN(c2cc(N3CCCC3)nc(N3CCCC3)n2)CC1.